The Hall–Kier alpha value is -3.86. The third-order valence-corrected chi connectivity index (χ3v) is 5.79. The van der Waals surface area contributed by atoms with Crippen molar-refractivity contribution in [1.82, 2.24) is 9.97 Å². The Morgan fingerprint density at radius 3 is 2.48 bits per heavy atom. The van der Waals surface area contributed by atoms with Crippen molar-refractivity contribution < 1.29 is 4.42 Å². The van der Waals surface area contributed by atoms with Crippen molar-refractivity contribution in [1.29, 1.82) is 0 Å². The van der Waals surface area contributed by atoms with E-state index in [2.05, 4.69) is 70.0 Å². The second kappa shape index (κ2) is 6.57. The fourth-order valence-electron chi connectivity index (χ4n) is 4.37. The van der Waals surface area contributed by atoms with Gasteiger partial charge in [0.15, 0.2) is 17.6 Å². The third-order valence-electron chi connectivity index (χ3n) is 5.79. The maximum Gasteiger partial charge on any atom is 0.227 e. The second-order valence-corrected chi connectivity index (χ2v) is 7.78. The SMILES string of the molecule is [CH2][C]1N(c2ccccc2)c2ncccc2N1c1c(C)ccc2c1oc1nc(C)ccc12. The summed E-state index contributed by atoms with van der Waals surface area (Å²) in [7, 11) is 0. The zero-order chi connectivity index (χ0) is 21.1. The predicted molar refractivity (Wildman–Crippen MR) is 125 cm³/mol. The Morgan fingerprint density at radius 1 is 0.839 bits per heavy atom. The Morgan fingerprint density at radius 2 is 1.65 bits per heavy atom. The minimum Gasteiger partial charge on any atom is -0.435 e. The van der Waals surface area contributed by atoms with Crippen LogP contribution >= 0.6 is 0 Å². The molecule has 0 N–H and O–H groups in total. The number of aromatic nitrogens is 2. The topological polar surface area (TPSA) is 45.4 Å². The molecule has 0 aliphatic carbocycles. The molecular formula is C26H20N4O. The quantitative estimate of drug-likeness (QED) is 0.331. The molecule has 150 valence electrons. The lowest BCUT2D eigenvalue weighted by Crippen LogP contribution is -2.28. The van der Waals surface area contributed by atoms with E-state index in [0.717, 1.165) is 56.7 Å². The Kier molecular flexibility index (Phi) is 3.81. The van der Waals surface area contributed by atoms with Crippen LogP contribution in [0.1, 0.15) is 11.3 Å². The Bertz CT molecular complexity index is 1440. The van der Waals surface area contributed by atoms with Crippen molar-refractivity contribution in [2.24, 2.45) is 0 Å². The Labute approximate surface area is 180 Å². The average molecular weight is 404 g/mol. The summed E-state index contributed by atoms with van der Waals surface area (Å²) in [6.07, 6.45) is 2.62. The van der Waals surface area contributed by atoms with Gasteiger partial charge in [0.1, 0.15) is 0 Å². The van der Waals surface area contributed by atoms with Crippen LogP contribution in [0.15, 0.2) is 77.3 Å². The van der Waals surface area contributed by atoms with Crippen molar-refractivity contribution in [3.8, 4) is 0 Å². The summed E-state index contributed by atoms with van der Waals surface area (Å²) in [5, 5.41) is 2.05. The highest BCUT2D eigenvalue weighted by atomic mass is 16.3. The molecule has 5 aromatic rings. The number of furan rings is 1. The lowest BCUT2D eigenvalue weighted by Gasteiger charge is -2.29. The zero-order valence-electron chi connectivity index (χ0n) is 17.3. The van der Waals surface area contributed by atoms with Gasteiger partial charge in [-0.05, 0) is 62.7 Å². The lowest BCUT2D eigenvalue weighted by atomic mass is 10.1. The molecule has 5 heteroatoms. The maximum atomic E-state index is 6.33. The van der Waals surface area contributed by atoms with E-state index >= 15 is 0 Å². The van der Waals surface area contributed by atoms with Crippen molar-refractivity contribution in [2.45, 2.75) is 13.8 Å². The molecule has 2 radical (unpaired) electrons. The zero-order valence-corrected chi connectivity index (χ0v) is 17.3. The van der Waals surface area contributed by atoms with E-state index in [1.165, 1.54) is 0 Å². The first kappa shape index (κ1) is 18.0. The minimum atomic E-state index is 0.651. The third kappa shape index (κ3) is 2.56. The van der Waals surface area contributed by atoms with Crippen LogP contribution in [-0.2, 0) is 0 Å². The molecular weight excluding hydrogens is 384 g/mol. The molecule has 0 saturated carbocycles. The number of para-hydroxylation sites is 1. The van der Waals surface area contributed by atoms with Crippen LogP contribution in [0.2, 0.25) is 0 Å². The normalized spacial score (nSPS) is 14.0. The molecule has 0 unspecified atom stereocenters. The van der Waals surface area contributed by atoms with Crippen molar-refractivity contribution in [2.75, 3.05) is 9.80 Å². The number of pyridine rings is 2. The Balaban J connectivity index is 1.62. The smallest absolute Gasteiger partial charge is 0.227 e. The molecule has 0 bridgehead atoms. The molecule has 3 aromatic heterocycles. The fourth-order valence-corrected chi connectivity index (χ4v) is 4.37. The molecule has 0 saturated heterocycles. The number of benzene rings is 2. The number of aryl methyl sites for hydroxylation is 2. The van der Waals surface area contributed by atoms with Crippen LogP contribution in [-0.4, -0.2) is 9.97 Å². The summed E-state index contributed by atoms with van der Waals surface area (Å²) in [5.74, 6) is 0.847. The van der Waals surface area contributed by atoms with Crippen LogP contribution in [0.3, 0.4) is 0 Å². The minimum absolute atomic E-state index is 0.651. The van der Waals surface area contributed by atoms with E-state index in [9.17, 15) is 0 Å². The summed E-state index contributed by atoms with van der Waals surface area (Å²) >= 11 is 0. The van der Waals surface area contributed by atoms with Gasteiger partial charge in [0.05, 0.1) is 11.4 Å². The number of hydrogen-bond donors (Lipinski definition) is 0. The maximum absolute atomic E-state index is 6.33. The van der Waals surface area contributed by atoms with Crippen molar-refractivity contribution in [3.63, 3.8) is 0 Å². The molecule has 2 aromatic carbocycles. The fraction of sp³-hybridized carbons (Fsp3) is 0.0769. The van der Waals surface area contributed by atoms with Gasteiger partial charge < -0.3 is 9.32 Å². The summed E-state index contributed by atoms with van der Waals surface area (Å²) in [6, 6.07) is 22.5. The monoisotopic (exact) mass is 404 g/mol. The van der Waals surface area contributed by atoms with Crippen LogP contribution in [0.25, 0.3) is 22.1 Å². The molecule has 0 amide bonds. The van der Waals surface area contributed by atoms with Crippen molar-refractivity contribution >= 4 is 44.9 Å². The predicted octanol–water partition coefficient (Wildman–Crippen LogP) is 6.61. The van der Waals surface area contributed by atoms with Gasteiger partial charge in [-0.15, -0.1) is 0 Å². The van der Waals surface area contributed by atoms with Crippen LogP contribution in [0.4, 0.5) is 22.9 Å². The van der Waals surface area contributed by atoms with Gasteiger partial charge in [0.2, 0.25) is 5.71 Å². The summed E-state index contributed by atoms with van der Waals surface area (Å²) in [6.45, 7) is 8.52. The summed E-state index contributed by atoms with van der Waals surface area (Å²) < 4.78 is 6.33. The molecule has 4 heterocycles. The number of rotatable bonds is 2. The molecule has 0 fully saturated rings. The van der Waals surface area contributed by atoms with E-state index in [1.807, 2.05) is 43.5 Å². The van der Waals surface area contributed by atoms with Gasteiger partial charge in [0, 0.05) is 28.4 Å². The van der Waals surface area contributed by atoms with Crippen molar-refractivity contribution in [3.05, 3.63) is 97.3 Å². The van der Waals surface area contributed by atoms with E-state index in [-0.39, 0.29) is 0 Å². The van der Waals surface area contributed by atoms with Gasteiger partial charge in [-0.2, -0.15) is 0 Å². The van der Waals surface area contributed by atoms with E-state index in [4.69, 9.17) is 4.42 Å². The molecule has 6 rings (SSSR count). The molecule has 1 aliphatic rings. The highest BCUT2D eigenvalue weighted by Gasteiger charge is 2.39. The molecule has 0 atom stereocenters. The first-order chi connectivity index (χ1) is 15.1. The summed E-state index contributed by atoms with van der Waals surface area (Å²) in [4.78, 5) is 13.5. The largest absolute Gasteiger partial charge is 0.435 e. The van der Waals surface area contributed by atoms with Gasteiger partial charge >= 0.3 is 0 Å². The van der Waals surface area contributed by atoms with Crippen LogP contribution in [0, 0.1) is 26.9 Å². The number of nitrogens with zero attached hydrogens (tertiary/aromatic N) is 4. The number of hydrogen-bond acceptors (Lipinski definition) is 5. The standard InChI is InChI=1S/C26H20N4O/c1-16-11-13-20-21-14-12-17(2)28-26(21)31-24(20)23(16)30-18(3)29(19-8-5-4-6-9-19)25-22(30)10-7-15-27-25/h4-15H,3H2,1-2H3. The number of fused-ring (bicyclic) bond motifs is 4. The van der Waals surface area contributed by atoms with Gasteiger partial charge in [-0.25, -0.2) is 9.97 Å². The van der Waals surface area contributed by atoms with E-state index < -0.39 is 0 Å². The van der Waals surface area contributed by atoms with Gasteiger partial charge in [-0.1, -0.05) is 30.3 Å². The average Bonchev–Trinajstić information content (AvgIpc) is 3.28. The molecule has 1 aliphatic heterocycles. The molecule has 5 nitrogen and oxygen atoms in total. The second-order valence-electron chi connectivity index (χ2n) is 7.78. The highest BCUT2D eigenvalue weighted by Crippen LogP contribution is 2.52. The first-order valence-corrected chi connectivity index (χ1v) is 10.2. The van der Waals surface area contributed by atoms with E-state index in [1.54, 1.807) is 0 Å². The highest BCUT2D eigenvalue weighted by molar-refractivity contribution is 6.10. The molecule has 0 spiro atoms. The van der Waals surface area contributed by atoms with Gasteiger partial charge in [-0.3, -0.25) is 4.90 Å². The van der Waals surface area contributed by atoms with Crippen LogP contribution in [0.5, 0.6) is 0 Å². The van der Waals surface area contributed by atoms with E-state index in [0.29, 0.717) is 5.71 Å². The first-order valence-electron chi connectivity index (χ1n) is 10.2. The number of anilines is 4. The molecule has 31 heavy (non-hydrogen) atoms. The summed E-state index contributed by atoms with van der Waals surface area (Å²) in [5.41, 5.74) is 6.43. The van der Waals surface area contributed by atoms with Gasteiger partial charge in [0.25, 0.3) is 0 Å². The van der Waals surface area contributed by atoms with Crippen LogP contribution < -0.4 is 9.80 Å². The lowest BCUT2D eigenvalue weighted by molar-refractivity contribution is 0.651.